The number of hydrogen-bond donors (Lipinski definition) is 1. The second-order valence-electron chi connectivity index (χ2n) is 4.61. The van der Waals surface area contributed by atoms with Crippen molar-refractivity contribution in [2.24, 2.45) is 5.92 Å². The molecule has 1 amide bonds. The molecule has 0 aromatic heterocycles. The minimum absolute atomic E-state index is 0.138. The molecule has 3 heteroatoms. The van der Waals surface area contributed by atoms with Gasteiger partial charge in [-0.15, -0.1) is 0 Å². The van der Waals surface area contributed by atoms with Gasteiger partial charge in [0.25, 0.3) is 0 Å². The maximum Gasteiger partial charge on any atom is 0.220 e. The van der Waals surface area contributed by atoms with E-state index in [4.69, 9.17) is 0 Å². The fraction of sp³-hybridized carbons (Fsp3) is 0.500. The molecule has 1 atom stereocenters. The molecule has 0 aliphatic heterocycles. The molecule has 2 nitrogen and oxygen atoms in total. The normalized spacial score (nSPS) is 12.5. The number of hydrogen-bond acceptors (Lipinski definition) is 1. The molecule has 1 N–H and O–H groups in total. The number of benzene rings is 1. The van der Waals surface area contributed by atoms with Gasteiger partial charge in [0.15, 0.2) is 0 Å². The molecular formula is C14H20BrNO. The monoisotopic (exact) mass is 297 g/mol. The summed E-state index contributed by atoms with van der Waals surface area (Å²) in [6, 6.07) is 10.1. The molecule has 1 aromatic rings. The first-order valence-electron chi connectivity index (χ1n) is 6.05. The summed E-state index contributed by atoms with van der Waals surface area (Å²) in [6.45, 7) is 4.90. The average molecular weight is 298 g/mol. The molecule has 0 aliphatic carbocycles. The third-order valence-electron chi connectivity index (χ3n) is 2.59. The van der Waals surface area contributed by atoms with E-state index < -0.39 is 0 Å². The van der Waals surface area contributed by atoms with Crippen LogP contribution in [0, 0.1) is 5.92 Å². The number of alkyl halides is 1. The number of amides is 1. The summed E-state index contributed by atoms with van der Waals surface area (Å²) >= 11 is 3.58. The van der Waals surface area contributed by atoms with Gasteiger partial charge in [0.2, 0.25) is 5.91 Å². The Hall–Kier alpha value is -0.830. The maximum atomic E-state index is 11.6. The summed E-state index contributed by atoms with van der Waals surface area (Å²) in [7, 11) is 0. The quantitative estimate of drug-likeness (QED) is 0.798. The van der Waals surface area contributed by atoms with Gasteiger partial charge in [-0.2, -0.15) is 0 Å². The minimum atomic E-state index is 0.138. The van der Waals surface area contributed by atoms with Crippen LogP contribution in [0.2, 0.25) is 0 Å². The van der Waals surface area contributed by atoms with E-state index in [1.807, 2.05) is 18.2 Å². The highest BCUT2D eigenvalue weighted by molar-refractivity contribution is 9.09. The number of rotatable bonds is 6. The van der Waals surface area contributed by atoms with Crippen LogP contribution in [0.1, 0.15) is 37.1 Å². The first-order valence-corrected chi connectivity index (χ1v) is 6.97. The molecular weight excluding hydrogens is 278 g/mol. The van der Waals surface area contributed by atoms with Crippen molar-refractivity contribution in [3.63, 3.8) is 0 Å². The molecule has 0 saturated carbocycles. The first kappa shape index (κ1) is 14.2. The van der Waals surface area contributed by atoms with Crippen LogP contribution < -0.4 is 5.32 Å². The molecule has 0 spiro atoms. The van der Waals surface area contributed by atoms with Crippen LogP contribution >= 0.6 is 15.9 Å². The van der Waals surface area contributed by atoms with Crippen molar-refractivity contribution in [2.45, 2.75) is 31.5 Å². The fourth-order valence-corrected chi connectivity index (χ4v) is 1.96. The summed E-state index contributed by atoms with van der Waals surface area (Å²) in [5, 5.41) is 2.95. The molecule has 0 heterocycles. The number of nitrogens with one attached hydrogen (secondary N) is 1. The van der Waals surface area contributed by atoms with E-state index in [0.29, 0.717) is 18.9 Å². The summed E-state index contributed by atoms with van der Waals surface area (Å²) < 4.78 is 0. The summed E-state index contributed by atoms with van der Waals surface area (Å²) in [4.78, 5) is 11.7. The largest absolute Gasteiger partial charge is 0.355 e. The maximum absolute atomic E-state index is 11.6. The Labute approximate surface area is 112 Å². The molecule has 0 fully saturated rings. The van der Waals surface area contributed by atoms with Gasteiger partial charge < -0.3 is 5.32 Å². The van der Waals surface area contributed by atoms with Crippen molar-refractivity contribution in [3.8, 4) is 0 Å². The van der Waals surface area contributed by atoms with Crippen LogP contribution in [-0.2, 0) is 4.79 Å². The summed E-state index contributed by atoms with van der Waals surface area (Å²) in [6.07, 6.45) is 1.57. The SMILES string of the molecule is CC(C)CCC(=O)NCC(Br)c1ccccc1. The number of halogens is 1. The van der Waals surface area contributed by atoms with Gasteiger partial charge in [0.1, 0.15) is 0 Å². The Balaban J connectivity index is 2.29. The predicted molar refractivity (Wildman–Crippen MR) is 75.2 cm³/mol. The van der Waals surface area contributed by atoms with E-state index in [-0.39, 0.29) is 10.7 Å². The smallest absolute Gasteiger partial charge is 0.220 e. The van der Waals surface area contributed by atoms with Gasteiger partial charge in [0.05, 0.1) is 4.83 Å². The van der Waals surface area contributed by atoms with Crippen molar-refractivity contribution >= 4 is 21.8 Å². The Kier molecular flexibility index (Phi) is 6.27. The van der Waals surface area contributed by atoms with E-state index in [0.717, 1.165) is 6.42 Å². The van der Waals surface area contributed by atoms with Crippen LogP contribution in [0.4, 0.5) is 0 Å². The lowest BCUT2D eigenvalue weighted by Gasteiger charge is -2.12. The second kappa shape index (κ2) is 7.49. The summed E-state index contributed by atoms with van der Waals surface area (Å²) in [5.74, 6) is 0.716. The number of carbonyl (C=O) groups excluding carboxylic acids is 1. The Morgan fingerprint density at radius 2 is 1.94 bits per heavy atom. The first-order chi connectivity index (χ1) is 8.09. The van der Waals surface area contributed by atoms with Gasteiger partial charge in [0, 0.05) is 13.0 Å². The lowest BCUT2D eigenvalue weighted by atomic mass is 10.1. The van der Waals surface area contributed by atoms with Crippen molar-refractivity contribution in [1.82, 2.24) is 5.32 Å². The molecule has 94 valence electrons. The molecule has 1 rings (SSSR count). The predicted octanol–water partition coefficient (Wildman–Crippen LogP) is 3.68. The standard InChI is InChI=1S/C14H20BrNO/c1-11(2)8-9-14(17)16-10-13(15)12-6-4-3-5-7-12/h3-7,11,13H,8-10H2,1-2H3,(H,16,17). The van der Waals surface area contributed by atoms with Crippen molar-refractivity contribution in [1.29, 1.82) is 0 Å². The molecule has 0 bridgehead atoms. The van der Waals surface area contributed by atoms with Crippen molar-refractivity contribution in [2.75, 3.05) is 6.54 Å². The van der Waals surface area contributed by atoms with E-state index in [9.17, 15) is 4.79 Å². The molecule has 1 unspecified atom stereocenters. The molecule has 0 radical (unpaired) electrons. The highest BCUT2D eigenvalue weighted by atomic mass is 79.9. The zero-order valence-electron chi connectivity index (χ0n) is 10.4. The lowest BCUT2D eigenvalue weighted by Crippen LogP contribution is -2.26. The van der Waals surface area contributed by atoms with Crippen LogP contribution in [-0.4, -0.2) is 12.5 Å². The van der Waals surface area contributed by atoms with Gasteiger partial charge in [-0.1, -0.05) is 60.1 Å². The van der Waals surface area contributed by atoms with Crippen LogP contribution in [0.25, 0.3) is 0 Å². The Bertz CT molecular complexity index is 337. The van der Waals surface area contributed by atoms with E-state index in [1.54, 1.807) is 0 Å². The topological polar surface area (TPSA) is 29.1 Å². The van der Waals surface area contributed by atoms with Gasteiger partial charge >= 0.3 is 0 Å². The highest BCUT2D eigenvalue weighted by Gasteiger charge is 2.09. The zero-order valence-corrected chi connectivity index (χ0v) is 12.0. The Morgan fingerprint density at radius 3 is 2.53 bits per heavy atom. The third kappa shape index (κ3) is 5.87. The lowest BCUT2D eigenvalue weighted by molar-refractivity contribution is -0.121. The van der Waals surface area contributed by atoms with E-state index in [1.165, 1.54) is 5.56 Å². The van der Waals surface area contributed by atoms with E-state index >= 15 is 0 Å². The third-order valence-corrected chi connectivity index (χ3v) is 3.44. The summed E-state index contributed by atoms with van der Waals surface area (Å²) in [5.41, 5.74) is 1.19. The number of carbonyl (C=O) groups is 1. The minimum Gasteiger partial charge on any atom is -0.355 e. The van der Waals surface area contributed by atoms with Crippen molar-refractivity contribution in [3.05, 3.63) is 35.9 Å². The van der Waals surface area contributed by atoms with Gasteiger partial charge in [-0.25, -0.2) is 0 Å². The van der Waals surface area contributed by atoms with Gasteiger partial charge in [-0.3, -0.25) is 4.79 Å². The Morgan fingerprint density at radius 1 is 1.29 bits per heavy atom. The second-order valence-corrected chi connectivity index (χ2v) is 5.72. The fourth-order valence-electron chi connectivity index (χ4n) is 1.49. The van der Waals surface area contributed by atoms with Crippen molar-refractivity contribution < 1.29 is 4.79 Å². The van der Waals surface area contributed by atoms with Crippen LogP contribution in [0.3, 0.4) is 0 Å². The van der Waals surface area contributed by atoms with Crippen LogP contribution in [0.5, 0.6) is 0 Å². The highest BCUT2D eigenvalue weighted by Crippen LogP contribution is 2.21. The molecule has 0 saturated heterocycles. The van der Waals surface area contributed by atoms with Crippen LogP contribution in [0.15, 0.2) is 30.3 Å². The van der Waals surface area contributed by atoms with Gasteiger partial charge in [-0.05, 0) is 17.9 Å². The zero-order chi connectivity index (χ0) is 12.7. The molecule has 17 heavy (non-hydrogen) atoms. The molecule has 1 aromatic carbocycles. The average Bonchev–Trinajstić information content (AvgIpc) is 2.34. The molecule has 0 aliphatic rings. The van der Waals surface area contributed by atoms with E-state index in [2.05, 4.69) is 47.2 Å².